The highest BCUT2D eigenvalue weighted by Gasteiger charge is 2.40. The molecule has 0 aromatic carbocycles. The second kappa shape index (κ2) is 5.47. The zero-order valence-corrected chi connectivity index (χ0v) is 13.0. The Kier molecular flexibility index (Phi) is 4.84. The van der Waals surface area contributed by atoms with Crippen molar-refractivity contribution in [2.45, 2.75) is 56.4 Å². The van der Waals surface area contributed by atoms with Gasteiger partial charge in [0.25, 0.3) is 0 Å². The van der Waals surface area contributed by atoms with Crippen molar-refractivity contribution in [2.75, 3.05) is 20.4 Å². The summed E-state index contributed by atoms with van der Waals surface area (Å²) in [5.41, 5.74) is -0.329. The minimum atomic E-state index is -2.98. The van der Waals surface area contributed by atoms with E-state index in [9.17, 15) is 13.5 Å². The topological polar surface area (TPSA) is 57.6 Å². The lowest BCUT2D eigenvalue weighted by Gasteiger charge is -2.43. The highest BCUT2D eigenvalue weighted by atomic mass is 32.2. The summed E-state index contributed by atoms with van der Waals surface area (Å²) >= 11 is 0. The van der Waals surface area contributed by atoms with Gasteiger partial charge < -0.3 is 10.0 Å². The van der Waals surface area contributed by atoms with Gasteiger partial charge in [0.1, 0.15) is 9.84 Å². The molecule has 0 aromatic heterocycles. The van der Waals surface area contributed by atoms with Crippen LogP contribution in [-0.2, 0) is 9.84 Å². The van der Waals surface area contributed by atoms with Crippen molar-refractivity contribution in [3.05, 3.63) is 0 Å². The average Bonchev–Trinajstić information content (AvgIpc) is 2.26. The SMILES string of the molecule is CN(C)C(C)(C)C(O)C1CCCC(S(C)(=O)=O)C1. The van der Waals surface area contributed by atoms with Gasteiger partial charge in [0.2, 0.25) is 0 Å². The van der Waals surface area contributed by atoms with Crippen molar-refractivity contribution in [1.29, 1.82) is 0 Å². The first-order chi connectivity index (χ1) is 8.06. The molecule has 5 heteroatoms. The van der Waals surface area contributed by atoms with Crippen LogP contribution in [0.5, 0.6) is 0 Å². The van der Waals surface area contributed by atoms with Gasteiger partial charge in [0.15, 0.2) is 0 Å². The smallest absolute Gasteiger partial charge is 0.150 e. The molecule has 1 aliphatic rings. The van der Waals surface area contributed by atoms with E-state index in [1.807, 2.05) is 32.8 Å². The van der Waals surface area contributed by atoms with E-state index in [1.54, 1.807) is 0 Å². The first kappa shape index (κ1) is 15.9. The Morgan fingerprint density at radius 2 is 1.83 bits per heavy atom. The zero-order chi connectivity index (χ0) is 14.1. The van der Waals surface area contributed by atoms with Crippen molar-refractivity contribution in [3.63, 3.8) is 0 Å². The van der Waals surface area contributed by atoms with Crippen molar-refractivity contribution in [2.24, 2.45) is 5.92 Å². The molecule has 0 heterocycles. The van der Waals surface area contributed by atoms with E-state index in [0.717, 1.165) is 19.3 Å². The van der Waals surface area contributed by atoms with Crippen LogP contribution in [0, 0.1) is 5.92 Å². The molecule has 0 aromatic rings. The lowest BCUT2D eigenvalue weighted by atomic mass is 9.77. The van der Waals surface area contributed by atoms with E-state index in [1.165, 1.54) is 6.26 Å². The van der Waals surface area contributed by atoms with Crippen LogP contribution < -0.4 is 0 Å². The molecular weight excluding hydrogens is 250 g/mol. The summed E-state index contributed by atoms with van der Waals surface area (Å²) in [7, 11) is 0.906. The van der Waals surface area contributed by atoms with Crippen molar-refractivity contribution < 1.29 is 13.5 Å². The molecule has 0 spiro atoms. The fourth-order valence-corrected chi connectivity index (χ4v) is 3.89. The summed E-state index contributed by atoms with van der Waals surface area (Å²) in [5.74, 6) is 0.0795. The summed E-state index contributed by atoms with van der Waals surface area (Å²) in [6.07, 6.45) is 3.97. The molecule has 108 valence electrons. The molecule has 1 aliphatic carbocycles. The van der Waals surface area contributed by atoms with Crippen LogP contribution >= 0.6 is 0 Å². The Balaban J connectivity index is 2.79. The van der Waals surface area contributed by atoms with E-state index in [2.05, 4.69) is 0 Å². The number of likely N-dealkylation sites (N-methyl/N-ethyl adjacent to an activating group) is 1. The number of rotatable bonds is 4. The van der Waals surface area contributed by atoms with E-state index in [-0.39, 0.29) is 16.7 Å². The third kappa shape index (κ3) is 3.45. The molecule has 0 bridgehead atoms. The van der Waals surface area contributed by atoms with Gasteiger partial charge in [0.05, 0.1) is 11.4 Å². The van der Waals surface area contributed by atoms with Crippen LogP contribution in [0.1, 0.15) is 39.5 Å². The molecule has 3 atom stereocenters. The molecule has 0 radical (unpaired) electrons. The fraction of sp³-hybridized carbons (Fsp3) is 1.00. The maximum absolute atomic E-state index is 11.6. The van der Waals surface area contributed by atoms with Gasteiger partial charge in [-0.15, -0.1) is 0 Å². The minimum Gasteiger partial charge on any atom is -0.391 e. The van der Waals surface area contributed by atoms with E-state index in [4.69, 9.17) is 0 Å². The number of hydrogen-bond acceptors (Lipinski definition) is 4. The zero-order valence-electron chi connectivity index (χ0n) is 12.2. The highest BCUT2D eigenvalue weighted by molar-refractivity contribution is 7.91. The minimum absolute atomic E-state index is 0.0795. The fourth-order valence-electron chi connectivity index (χ4n) is 2.70. The van der Waals surface area contributed by atoms with Crippen LogP contribution in [0.15, 0.2) is 0 Å². The number of sulfone groups is 1. The van der Waals surface area contributed by atoms with Crippen LogP contribution in [0.3, 0.4) is 0 Å². The predicted octanol–water partition coefficient (Wildman–Crippen LogP) is 1.29. The maximum atomic E-state index is 11.6. The van der Waals surface area contributed by atoms with E-state index in [0.29, 0.717) is 6.42 Å². The Labute approximate surface area is 111 Å². The number of aliphatic hydroxyl groups excluding tert-OH is 1. The van der Waals surface area contributed by atoms with Crippen molar-refractivity contribution in [1.82, 2.24) is 4.90 Å². The average molecular weight is 277 g/mol. The van der Waals surface area contributed by atoms with Crippen molar-refractivity contribution in [3.8, 4) is 0 Å². The monoisotopic (exact) mass is 277 g/mol. The second-order valence-electron chi connectivity index (χ2n) is 6.37. The molecule has 1 saturated carbocycles. The molecule has 4 nitrogen and oxygen atoms in total. The highest BCUT2D eigenvalue weighted by Crippen LogP contribution is 2.35. The van der Waals surface area contributed by atoms with Gasteiger partial charge in [0, 0.05) is 11.8 Å². The molecule has 1 rings (SSSR count). The van der Waals surface area contributed by atoms with Gasteiger partial charge in [-0.2, -0.15) is 0 Å². The van der Waals surface area contributed by atoms with Crippen molar-refractivity contribution >= 4 is 9.84 Å². The first-order valence-electron chi connectivity index (χ1n) is 6.61. The molecule has 0 aliphatic heterocycles. The standard InChI is InChI=1S/C13H27NO3S/c1-13(2,14(3)4)12(15)10-7-6-8-11(9-10)18(5,16)17/h10-12,15H,6-9H2,1-5H3. The Bertz CT molecular complexity index is 376. The second-order valence-corrected chi connectivity index (χ2v) is 8.70. The van der Waals surface area contributed by atoms with Crippen LogP contribution in [0.25, 0.3) is 0 Å². The summed E-state index contributed by atoms with van der Waals surface area (Å²) in [6.45, 7) is 4.00. The van der Waals surface area contributed by atoms with E-state index < -0.39 is 15.9 Å². The first-order valence-corrected chi connectivity index (χ1v) is 8.56. The number of aliphatic hydroxyl groups is 1. The van der Waals surface area contributed by atoms with Crippen LogP contribution in [0.4, 0.5) is 0 Å². The molecule has 1 N–H and O–H groups in total. The van der Waals surface area contributed by atoms with E-state index >= 15 is 0 Å². The summed E-state index contributed by atoms with van der Waals surface area (Å²) in [4.78, 5) is 2.00. The van der Waals surface area contributed by atoms with Gasteiger partial charge in [-0.25, -0.2) is 8.42 Å². The normalized spacial score (nSPS) is 28.4. The lowest BCUT2D eigenvalue weighted by Crippen LogP contribution is -2.53. The Morgan fingerprint density at radius 1 is 1.28 bits per heavy atom. The number of hydrogen-bond donors (Lipinski definition) is 1. The third-order valence-electron chi connectivity index (χ3n) is 4.60. The summed E-state index contributed by atoms with van der Waals surface area (Å²) < 4.78 is 23.3. The van der Waals surface area contributed by atoms with Gasteiger partial charge in [-0.1, -0.05) is 6.42 Å². The quantitative estimate of drug-likeness (QED) is 0.841. The maximum Gasteiger partial charge on any atom is 0.150 e. The molecule has 1 fully saturated rings. The van der Waals surface area contributed by atoms with Crippen LogP contribution in [-0.4, -0.2) is 55.7 Å². The lowest BCUT2D eigenvalue weighted by molar-refractivity contribution is -0.0306. The molecular formula is C13H27NO3S. The van der Waals surface area contributed by atoms with Gasteiger partial charge in [-0.3, -0.25) is 0 Å². The number of nitrogens with zero attached hydrogens (tertiary/aromatic N) is 1. The molecule has 0 amide bonds. The predicted molar refractivity (Wildman–Crippen MR) is 74.4 cm³/mol. The van der Waals surface area contributed by atoms with Crippen LogP contribution in [0.2, 0.25) is 0 Å². The molecule has 0 saturated heterocycles. The molecule has 3 unspecified atom stereocenters. The van der Waals surface area contributed by atoms with Gasteiger partial charge >= 0.3 is 0 Å². The molecule has 18 heavy (non-hydrogen) atoms. The third-order valence-corrected chi connectivity index (χ3v) is 6.23. The summed E-state index contributed by atoms with van der Waals surface area (Å²) in [6, 6.07) is 0. The van der Waals surface area contributed by atoms with Gasteiger partial charge in [-0.05, 0) is 53.1 Å². The Hall–Kier alpha value is -0.130. The summed E-state index contributed by atoms with van der Waals surface area (Å²) in [5, 5.41) is 10.2. The Morgan fingerprint density at radius 3 is 2.28 bits per heavy atom. The largest absolute Gasteiger partial charge is 0.391 e.